The number of ether oxygens (including phenoxy) is 1. The third-order valence-electron chi connectivity index (χ3n) is 2.60. The Hall–Kier alpha value is -2.71. The van der Waals surface area contributed by atoms with E-state index in [-0.39, 0.29) is 5.75 Å². The highest BCUT2D eigenvalue weighted by atomic mass is 19.4. The Morgan fingerprint density at radius 1 is 1.38 bits per heavy atom. The van der Waals surface area contributed by atoms with Crippen LogP contribution in [-0.2, 0) is 13.2 Å². The van der Waals surface area contributed by atoms with E-state index in [1.165, 1.54) is 10.9 Å². The maximum Gasteiger partial charge on any atom is 0.417 e. The first-order valence-corrected chi connectivity index (χ1v) is 5.67. The standard InChI is InChI=1S/C12H11F3N4O2/c1-19-6-8(5-17-19)21-7-2-3-10(12(13,14)15)9(4-7)11(16)18-20/h2-6,20H,1H3,(H2,16,18). The molecule has 0 bridgehead atoms. The number of rotatable bonds is 3. The first-order chi connectivity index (χ1) is 9.81. The highest BCUT2D eigenvalue weighted by Gasteiger charge is 2.34. The largest absolute Gasteiger partial charge is 0.454 e. The molecule has 2 rings (SSSR count). The van der Waals surface area contributed by atoms with Gasteiger partial charge in [-0.05, 0) is 18.2 Å². The van der Waals surface area contributed by atoms with Crippen LogP contribution in [0.4, 0.5) is 13.2 Å². The molecular weight excluding hydrogens is 289 g/mol. The Labute approximate surface area is 117 Å². The van der Waals surface area contributed by atoms with Crippen LogP contribution in [0.25, 0.3) is 0 Å². The van der Waals surface area contributed by atoms with Crippen molar-refractivity contribution in [3.8, 4) is 11.5 Å². The maximum atomic E-state index is 12.9. The van der Waals surface area contributed by atoms with Crippen molar-refractivity contribution >= 4 is 5.84 Å². The molecule has 9 heteroatoms. The second kappa shape index (κ2) is 5.35. The van der Waals surface area contributed by atoms with Gasteiger partial charge in [0.15, 0.2) is 11.6 Å². The monoisotopic (exact) mass is 300 g/mol. The lowest BCUT2D eigenvalue weighted by atomic mass is 10.1. The van der Waals surface area contributed by atoms with Gasteiger partial charge in [-0.1, -0.05) is 5.16 Å². The fourth-order valence-corrected chi connectivity index (χ4v) is 1.69. The molecule has 1 aromatic heterocycles. The number of hydrogen-bond donors (Lipinski definition) is 2. The number of hydrogen-bond acceptors (Lipinski definition) is 4. The van der Waals surface area contributed by atoms with Crippen LogP contribution in [0.5, 0.6) is 11.5 Å². The van der Waals surface area contributed by atoms with Crippen LogP contribution >= 0.6 is 0 Å². The van der Waals surface area contributed by atoms with Gasteiger partial charge in [-0.2, -0.15) is 18.3 Å². The van der Waals surface area contributed by atoms with Crippen molar-refractivity contribution < 1.29 is 23.1 Å². The second-order valence-corrected chi connectivity index (χ2v) is 4.14. The number of amidine groups is 1. The van der Waals surface area contributed by atoms with E-state index in [2.05, 4.69) is 10.3 Å². The normalized spacial score (nSPS) is 12.5. The van der Waals surface area contributed by atoms with Crippen LogP contribution in [-0.4, -0.2) is 20.8 Å². The molecule has 3 N–H and O–H groups in total. The van der Waals surface area contributed by atoms with Gasteiger partial charge in [0.2, 0.25) is 0 Å². The molecule has 0 unspecified atom stereocenters. The fourth-order valence-electron chi connectivity index (χ4n) is 1.69. The van der Waals surface area contributed by atoms with E-state index in [9.17, 15) is 13.2 Å². The molecule has 21 heavy (non-hydrogen) atoms. The average molecular weight is 300 g/mol. The number of halogens is 3. The van der Waals surface area contributed by atoms with Gasteiger partial charge in [-0.15, -0.1) is 0 Å². The quantitative estimate of drug-likeness (QED) is 0.394. The third-order valence-corrected chi connectivity index (χ3v) is 2.60. The van der Waals surface area contributed by atoms with Crippen LogP contribution in [0.2, 0.25) is 0 Å². The average Bonchev–Trinajstić information content (AvgIpc) is 2.82. The molecule has 0 saturated heterocycles. The first-order valence-electron chi connectivity index (χ1n) is 5.67. The SMILES string of the molecule is Cn1cc(Oc2ccc(C(F)(F)F)c(/C(N)=N/O)c2)cn1. The van der Waals surface area contributed by atoms with Gasteiger partial charge in [0.1, 0.15) is 5.75 Å². The van der Waals surface area contributed by atoms with Crippen LogP contribution in [0.3, 0.4) is 0 Å². The maximum absolute atomic E-state index is 12.9. The molecule has 2 aromatic rings. The van der Waals surface area contributed by atoms with Crippen molar-refractivity contribution in [1.82, 2.24) is 9.78 Å². The van der Waals surface area contributed by atoms with Crippen LogP contribution < -0.4 is 10.5 Å². The van der Waals surface area contributed by atoms with Crippen LogP contribution in [0.1, 0.15) is 11.1 Å². The molecule has 0 aliphatic heterocycles. The Kier molecular flexibility index (Phi) is 3.74. The molecular formula is C12H11F3N4O2. The van der Waals surface area contributed by atoms with Crippen molar-refractivity contribution in [3.63, 3.8) is 0 Å². The smallest absolute Gasteiger partial charge is 0.417 e. The Morgan fingerprint density at radius 2 is 2.10 bits per heavy atom. The summed E-state index contributed by atoms with van der Waals surface area (Å²) in [5.41, 5.74) is 3.80. The zero-order valence-electron chi connectivity index (χ0n) is 10.8. The predicted octanol–water partition coefficient (Wildman–Crippen LogP) is 2.33. The van der Waals surface area contributed by atoms with E-state index in [0.717, 1.165) is 18.2 Å². The minimum Gasteiger partial charge on any atom is -0.454 e. The number of benzene rings is 1. The van der Waals surface area contributed by atoms with Crippen molar-refractivity contribution in [2.45, 2.75) is 6.18 Å². The van der Waals surface area contributed by atoms with Crippen molar-refractivity contribution in [2.24, 2.45) is 17.9 Å². The zero-order valence-corrected chi connectivity index (χ0v) is 10.8. The summed E-state index contributed by atoms with van der Waals surface area (Å²) < 4.78 is 45.4. The minimum absolute atomic E-state index is 0.109. The number of aromatic nitrogens is 2. The lowest BCUT2D eigenvalue weighted by Gasteiger charge is -2.13. The highest BCUT2D eigenvalue weighted by Crippen LogP contribution is 2.34. The van der Waals surface area contributed by atoms with E-state index in [1.54, 1.807) is 13.2 Å². The fraction of sp³-hybridized carbons (Fsp3) is 0.167. The zero-order chi connectivity index (χ0) is 15.6. The van der Waals surface area contributed by atoms with E-state index >= 15 is 0 Å². The number of oxime groups is 1. The van der Waals surface area contributed by atoms with E-state index in [4.69, 9.17) is 15.7 Å². The van der Waals surface area contributed by atoms with Gasteiger partial charge in [-0.25, -0.2) is 0 Å². The van der Waals surface area contributed by atoms with Gasteiger partial charge in [-0.3, -0.25) is 4.68 Å². The molecule has 0 aliphatic rings. The third kappa shape index (κ3) is 3.25. The molecule has 0 radical (unpaired) electrons. The summed E-state index contributed by atoms with van der Waals surface area (Å²) in [5.74, 6) is -0.195. The molecule has 6 nitrogen and oxygen atoms in total. The summed E-state index contributed by atoms with van der Waals surface area (Å²) in [6, 6.07) is 2.99. The summed E-state index contributed by atoms with van der Waals surface area (Å²) in [4.78, 5) is 0. The van der Waals surface area contributed by atoms with Gasteiger partial charge in [0.05, 0.1) is 18.0 Å². The molecule has 0 atom stereocenters. The van der Waals surface area contributed by atoms with Crippen LogP contribution in [0.15, 0.2) is 35.7 Å². The second-order valence-electron chi connectivity index (χ2n) is 4.14. The molecule has 0 spiro atoms. The number of alkyl halides is 3. The lowest BCUT2D eigenvalue weighted by Crippen LogP contribution is -2.20. The molecule has 0 saturated carbocycles. The molecule has 0 amide bonds. The Balaban J connectivity index is 2.42. The van der Waals surface area contributed by atoms with Crippen molar-refractivity contribution in [2.75, 3.05) is 0 Å². The molecule has 0 aliphatic carbocycles. The van der Waals surface area contributed by atoms with Crippen LogP contribution in [0, 0.1) is 0 Å². The minimum atomic E-state index is -4.63. The van der Waals surface area contributed by atoms with Gasteiger partial charge < -0.3 is 15.7 Å². The topological polar surface area (TPSA) is 85.7 Å². The molecule has 0 fully saturated rings. The predicted molar refractivity (Wildman–Crippen MR) is 67.2 cm³/mol. The number of nitrogens with two attached hydrogens (primary N) is 1. The van der Waals surface area contributed by atoms with Gasteiger partial charge >= 0.3 is 6.18 Å². The summed E-state index contributed by atoms with van der Waals surface area (Å²) >= 11 is 0. The van der Waals surface area contributed by atoms with E-state index in [0.29, 0.717) is 5.75 Å². The summed E-state index contributed by atoms with van der Waals surface area (Å²) in [6.45, 7) is 0. The Morgan fingerprint density at radius 3 is 2.62 bits per heavy atom. The Bertz CT molecular complexity index is 679. The van der Waals surface area contributed by atoms with Crippen molar-refractivity contribution in [1.29, 1.82) is 0 Å². The summed E-state index contributed by atoms with van der Waals surface area (Å²) in [5, 5.41) is 15.1. The molecule has 1 heterocycles. The highest BCUT2D eigenvalue weighted by molar-refractivity contribution is 5.99. The van der Waals surface area contributed by atoms with Crippen molar-refractivity contribution in [3.05, 3.63) is 41.7 Å². The number of nitrogens with zero attached hydrogens (tertiary/aromatic N) is 3. The molecule has 112 valence electrons. The molecule has 1 aromatic carbocycles. The first kappa shape index (κ1) is 14.7. The van der Waals surface area contributed by atoms with Gasteiger partial charge in [0, 0.05) is 12.6 Å². The number of aryl methyl sites for hydroxylation is 1. The van der Waals surface area contributed by atoms with Gasteiger partial charge in [0.25, 0.3) is 0 Å². The summed E-state index contributed by atoms with van der Waals surface area (Å²) in [7, 11) is 1.67. The lowest BCUT2D eigenvalue weighted by molar-refractivity contribution is -0.137. The van der Waals surface area contributed by atoms with E-state index < -0.39 is 23.1 Å². The summed E-state index contributed by atoms with van der Waals surface area (Å²) in [6.07, 6.45) is -1.68. The van der Waals surface area contributed by atoms with E-state index in [1.807, 2.05) is 0 Å².